The van der Waals surface area contributed by atoms with Crippen LogP contribution in [0.4, 0.5) is 15.2 Å². The normalized spacial score (nSPS) is 21.1. The first-order valence-corrected chi connectivity index (χ1v) is 6.49. The number of amides is 1. The molecule has 1 saturated carbocycles. The van der Waals surface area contributed by atoms with Crippen molar-refractivity contribution in [1.29, 1.82) is 0 Å². The van der Waals surface area contributed by atoms with Gasteiger partial charge in [-0.05, 0) is 6.42 Å². The first kappa shape index (κ1) is 12.0. The van der Waals surface area contributed by atoms with Crippen LogP contribution in [0.3, 0.4) is 0 Å². The third-order valence-corrected chi connectivity index (χ3v) is 3.46. The number of anilines is 2. The number of nitrogens with zero attached hydrogens (tertiary/aromatic N) is 3. The number of nitrogens with one attached hydrogen (secondary N) is 1. The number of hydrogen-bond acceptors (Lipinski definition) is 6. The Labute approximate surface area is 111 Å². The number of hydrogen-bond donors (Lipinski definition) is 2. The van der Waals surface area contributed by atoms with Gasteiger partial charge in [0.1, 0.15) is 29.0 Å². The van der Waals surface area contributed by atoms with Crippen LogP contribution >= 0.6 is 11.3 Å². The maximum absolute atomic E-state index is 12.8. The van der Waals surface area contributed by atoms with Crippen molar-refractivity contribution in [2.45, 2.75) is 12.6 Å². The van der Waals surface area contributed by atoms with Crippen LogP contribution in [0.1, 0.15) is 6.42 Å². The van der Waals surface area contributed by atoms with Crippen LogP contribution in [0.25, 0.3) is 11.4 Å². The molecule has 0 unspecified atom stereocenters. The van der Waals surface area contributed by atoms with Crippen LogP contribution in [0.2, 0.25) is 0 Å². The lowest BCUT2D eigenvalue weighted by atomic mass is 10.3. The summed E-state index contributed by atoms with van der Waals surface area (Å²) >= 11 is 1.30. The van der Waals surface area contributed by atoms with E-state index in [1.165, 1.54) is 17.7 Å². The number of carbonyl (C=O) groups excluding carboxylic acids is 1. The number of nitrogen functional groups attached to an aromatic ring is 1. The maximum atomic E-state index is 12.8. The van der Waals surface area contributed by atoms with Gasteiger partial charge in [0.15, 0.2) is 0 Å². The number of thiazole rings is 1. The smallest absolute Gasteiger partial charge is 0.231 e. The van der Waals surface area contributed by atoms with Crippen molar-refractivity contribution in [2.75, 3.05) is 11.1 Å². The minimum absolute atomic E-state index is 0.281. The summed E-state index contributed by atoms with van der Waals surface area (Å²) in [5.74, 6) is -0.590. The zero-order chi connectivity index (χ0) is 13.4. The number of halogens is 1. The number of nitrogens with two attached hydrogens (primary N) is 1. The Morgan fingerprint density at radius 2 is 2.26 bits per heavy atom. The summed E-state index contributed by atoms with van der Waals surface area (Å²) in [6.45, 7) is 0. The molecule has 2 aromatic heterocycles. The molecule has 19 heavy (non-hydrogen) atoms. The predicted molar refractivity (Wildman–Crippen MR) is 69.2 cm³/mol. The van der Waals surface area contributed by atoms with Crippen LogP contribution in [0.5, 0.6) is 0 Å². The lowest BCUT2D eigenvalue weighted by Gasteiger charge is -2.04. The van der Waals surface area contributed by atoms with Crippen molar-refractivity contribution >= 4 is 28.1 Å². The Balaban J connectivity index is 1.80. The second kappa shape index (κ2) is 4.54. The van der Waals surface area contributed by atoms with Gasteiger partial charge in [0.2, 0.25) is 5.91 Å². The van der Waals surface area contributed by atoms with Crippen molar-refractivity contribution < 1.29 is 9.18 Å². The highest BCUT2D eigenvalue weighted by atomic mass is 32.1. The van der Waals surface area contributed by atoms with Gasteiger partial charge in [0, 0.05) is 6.07 Å². The minimum Gasteiger partial charge on any atom is -0.389 e. The van der Waals surface area contributed by atoms with Crippen molar-refractivity contribution in [3.63, 3.8) is 0 Å². The van der Waals surface area contributed by atoms with Crippen molar-refractivity contribution in [3.05, 3.63) is 17.9 Å². The lowest BCUT2D eigenvalue weighted by Crippen LogP contribution is -2.16. The van der Waals surface area contributed by atoms with Crippen molar-refractivity contribution in [3.8, 4) is 11.4 Å². The molecule has 2 heterocycles. The fourth-order valence-corrected chi connectivity index (χ4v) is 2.20. The lowest BCUT2D eigenvalue weighted by molar-refractivity contribution is -0.117. The summed E-state index contributed by atoms with van der Waals surface area (Å²) < 4.78 is 12.8. The van der Waals surface area contributed by atoms with Crippen LogP contribution in [-0.4, -0.2) is 27.0 Å². The molecule has 1 fully saturated rings. The second-order valence-electron chi connectivity index (χ2n) is 4.20. The summed E-state index contributed by atoms with van der Waals surface area (Å²) in [6, 6.07) is 1.57. The van der Waals surface area contributed by atoms with E-state index in [9.17, 15) is 9.18 Å². The summed E-state index contributed by atoms with van der Waals surface area (Å²) in [5, 5.41) is 3.10. The average Bonchev–Trinajstić information content (AvgIpc) is 2.96. The van der Waals surface area contributed by atoms with Gasteiger partial charge in [-0.25, -0.2) is 19.3 Å². The van der Waals surface area contributed by atoms with E-state index < -0.39 is 12.1 Å². The van der Waals surface area contributed by atoms with Crippen molar-refractivity contribution in [1.82, 2.24) is 15.0 Å². The molecule has 0 saturated heterocycles. The Hall–Kier alpha value is -2.09. The first-order chi connectivity index (χ1) is 9.15. The van der Waals surface area contributed by atoms with E-state index in [2.05, 4.69) is 20.3 Å². The summed E-state index contributed by atoms with van der Waals surface area (Å²) in [7, 11) is 0. The number of aromatic nitrogens is 3. The standard InChI is InChI=1S/C11H10FN5OS/c12-6-1-5(6)11(18)17-8-2-7(14-3-15-8)9-10(13)19-4-16-9/h2-6H,1,13H2,(H,14,15,17,18)/t5-,6+/m0/s1. The van der Waals surface area contributed by atoms with E-state index in [-0.39, 0.29) is 12.3 Å². The molecular formula is C11H10FN5OS. The van der Waals surface area contributed by atoms with Crippen molar-refractivity contribution in [2.24, 2.45) is 5.92 Å². The monoisotopic (exact) mass is 279 g/mol. The van der Waals surface area contributed by atoms with Crippen LogP contribution < -0.4 is 11.1 Å². The molecule has 2 atom stereocenters. The third-order valence-electron chi connectivity index (χ3n) is 2.81. The summed E-state index contributed by atoms with van der Waals surface area (Å²) in [5.41, 5.74) is 8.45. The Bertz CT molecular complexity index is 631. The van der Waals surface area contributed by atoms with E-state index >= 15 is 0 Å². The SMILES string of the molecule is Nc1scnc1-c1cc(NC(=O)[C@H]2C[C@H]2F)ncn1. The van der Waals surface area contributed by atoms with Gasteiger partial charge in [-0.1, -0.05) is 0 Å². The zero-order valence-corrected chi connectivity index (χ0v) is 10.5. The number of rotatable bonds is 3. The highest BCUT2D eigenvalue weighted by Crippen LogP contribution is 2.34. The number of carbonyl (C=O) groups is 1. The second-order valence-corrected chi connectivity index (χ2v) is 5.09. The molecule has 3 rings (SSSR count). The fourth-order valence-electron chi connectivity index (χ4n) is 1.66. The van der Waals surface area contributed by atoms with E-state index in [4.69, 9.17) is 5.73 Å². The molecule has 98 valence electrons. The van der Waals surface area contributed by atoms with Crippen LogP contribution in [0, 0.1) is 5.92 Å². The van der Waals surface area contributed by atoms with Gasteiger partial charge in [0.25, 0.3) is 0 Å². The molecule has 0 spiro atoms. The van der Waals surface area contributed by atoms with E-state index in [0.717, 1.165) is 0 Å². The fraction of sp³-hybridized carbons (Fsp3) is 0.273. The minimum atomic E-state index is -1.03. The molecule has 0 bridgehead atoms. The molecule has 1 aliphatic rings. The molecular weight excluding hydrogens is 269 g/mol. The largest absolute Gasteiger partial charge is 0.389 e. The third kappa shape index (κ3) is 2.39. The Kier molecular flexibility index (Phi) is 2.86. The quantitative estimate of drug-likeness (QED) is 0.887. The van der Waals surface area contributed by atoms with Gasteiger partial charge >= 0.3 is 0 Å². The van der Waals surface area contributed by atoms with Gasteiger partial charge < -0.3 is 11.1 Å². The van der Waals surface area contributed by atoms with E-state index in [1.54, 1.807) is 11.6 Å². The van der Waals surface area contributed by atoms with Gasteiger partial charge in [-0.3, -0.25) is 4.79 Å². The molecule has 0 aromatic carbocycles. The highest BCUT2D eigenvalue weighted by molar-refractivity contribution is 7.14. The predicted octanol–water partition coefficient (Wildman–Crippen LogP) is 1.48. The van der Waals surface area contributed by atoms with E-state index in [0.29, 0.717) is 22.2 Å². The molecule has 0 aliphatic heterocycles. The molecule has 2 aromatic rings. The molecule has 1 aliphatic carbocycles. The van der Waals surface area contributed by atoms with Crippen LogP contribution in [-0.2, 0) is 4.79 Å². The topological polar surface area (TPSA) is 93.8 Å². The molecule has 8 heteroatoms. The van der Waals surface area contributed by atoms with E-state index in [1.807, 2.05) is 0 Å². The number of alkyl halides is 1. The Morgan fingerprint density at radius 3 is 2.89 bits per heavy atom. The van der Waals surface area contributed by atoms with Gasteiger partial charge in [-0.2, -0.15) is 0 Å². The van der Waals surface area contributed by atoms with Crippen LogP contribution in [0.15, 0.2) is 17.9 Å². The Morgan fingerprint density at radius 1 is 1.47 bits per heavy atom. The molecule has 3 N–H and O–H groups in total. The maximum Gasteiger partial charge on any atom is 0.231 e. The first-order valence-electron chi connectivity index (χ1n) is 5.61. The average molecular weight is 279 g/mol. The van der Waals surface area contributed by atoms with Gasteiger partial charge in [0.05, 0.1) is 17.1 Å². The zero-order valence-electron chi connectivity index (χ0n) is 9.71. The molecule has 1 amide bonds. The summed E-state index contributed by atoms with van der Waals surface area (Å²) in [4.78, 5) is 23.7. The molecule has 0 radical (unpaired) electrons. The summed E-state index contributed by atoms with van der Waals surface area (Å²) in [6.07, 6.45) is 0.558. The highest BCUT2D eigenvalue weighted by Gasteiger charge is 2.43. The molecule has 6 nitrogen and oxygen atoms in total. The van der Waals surface area contributed by atoms with Gasteiger partial charge in [-0.15, -0.1) is 11.3 Å².